The quantitative estimate of drug-likeness (QED) is 0.688. The molecule has 1 aliphatic rings. The first kappa shape index (κ1) is 17.3. The molecule has 142 valence electrons. The summed E-state index contributed by atoms with van der Waals surface area (Å²) in [4.78, 5) is 14.7. The van der Waals surface area contributed by atoms with Crippen molar-refractivity contribution in [2.24, 2.45) is 7.05 Å². The normalized spacial score (nSPS) is 17.4. The van der Waals surface area contributed by atoms with Crippen LogP contribution in [0.4, 0.5) is 17.6 Å². The number of nitrogens with two attached hydrogens (primary N) is 2. The number of aryl methyl sites for hydroxylation is 1. The van der Waals surface area contributed by atoms with Gasteiger partial charge in [-0.25, -0.2) is 4.98 Å². The molecule has 0 aromatic carbocycles. The van der Waals surface area contributed by atoms with Crippen LogP contribution >= 0.6 is 0 Å². The van der Waals surface area contributed by atoms with Crippen molar-refractivity contribution in [1.82, 2.24) is 34.3 Å². The number of rotatable bonds is 4. The fraction of sp³-hybridized carbons (Fsp3) is 0.471. The van der Waals surface area contributed by atoms with Crippen LogP contribution in [0.15, 0.2) is 18.5 Å². The highest BCUT2D eigenvalue weighted by molar-refractivity contribution is 5.50. The van der Waals surface area contributed by atoms with Gasteiger partial charge >= 0.3 is 0 Å². The molecule has 0 amide bonds. The minimum atomic E-state index is 0.198. The van der Waals surface area contributed by atoms with Gasteiger partial charge in [0.25, 0.3) is 0 Å². The van der Waals surface area contributed by atoms with E-state index in [1.807, 2.05) is 20.2 Å². The summed E-state index contributed by atoms with van der Waals surface area (Å²) in [6.45, 7) is 4.34. The van der Waals surface area contributed by atoms with Crippen LogP contribution in [-0.4, -0.2) is 47.4 Å². The molecule has 0 bridgehead atoms. The van der Waals surface area contributed by atoms with Crippen LogP contribution in [0.2, 0.25) is 0 Å². The highest BCUT2D eigenvalue weighted by Crippen LogP contribution is 2.29. The largest absolute Gasteiger partial charge is 0.383 e. The van der Waals surface area contributed by atoms with Crippen LogP contribution in [0.25, 0.3) is 0 Å². The van der Waals surface area contributed by atoms with Gasteiger partial charge in [0.1, 0.15) is 23.3 Å². The topological polar surface area (TPSA) is 130 Å². The van der Waals surface area contributed by atoms with Gasteiger partial charge in [0.05, 0.1) is 6.54 Å². The monoisotopic (exact) mass is 368 g/mol. The van der Waals surface area contributed by atoms with Crippen LogP contribution in [-0.2, 0) is 13.6 Å². The Bertz CT molecular complexity index is 923. The zero-order valence-electron chi connectivity index (χ0n) is 15.6. The molecule has 10 nitrogen and oxygen atoms in total. The van der Waals surface area contributed by atoms with Crippen LogP contribution in [0, 0.1) is 6.92 Å². The summed E-state index contributed by atoms with van der Waals surface area (Å²) in [5.41, 5.74) is 11.6. The van der Waals surface area contributed by atoms with E-state index in [4.69, 9.17) is 11.5 Å². The number of hydrogen-bond acceptors (Lipinski definition) is 8. The van der Waals surface area contributed by atoms with Crippen LogP contribution in [0.3, 0.4) is 0 Å². The van der Waals surface area contributed by atoms with Crippen LogP contribution < -0.4 is 16.4 Å². The number of piperidine rings is 1. The van der Waals surface area contributed by atoms with Gasteiger partial charge in [-0.2, -0.15) is 9.97 Å². The molecule has 1 saturated heterocycles. The number of anilines is 3. The van der Waals surface area contributed by atoms with Crippen molar-refractivity contribution in [2.45, 2.75) is 32.2 Å². The number of nitrogens with zero attached hydrogens (tertiary/aromatic N) is 8. The summed E-state index contributed by atoms with van der Waals surface area (Å²) in [6.07, 6.45) is 5.85. The molecule has 0 saturated carbocycles. The minimum Gasteiger partial charge on any atom is -0.383 e. The molecule has 0 aliphatic carbocycles. The molecule has 1 fully saturated rings. The fourth-order valence-electron chi connectivity index (χ4n) is 3.62. The maximum absolute atomic E-state index is 5.82. The molecule has 3 aromatic heterocycles. The summed E-state index contributed by atoms with van der Waals surface area (Å²) < 4.78 is 4.16. The average molecular weight is 368 g/mol. The second kappa shape index (κ2) is 6.86. The SMILES string of the molecule is Cc1nccn1Cc1nnc([C@@H]2CCCN(c3cc(N)nc(N)n3)C2)n1C. The molecule has 0 radical (unpaired) electrons. The number of imidazole rings is 1. The zero-order valence-corrected chi connectivity index (χ0v) is 15.6. The third kappa shape index (κ3) is 3.42. The molecule has 4 N–H and O–H groups in total. The van der Waals surface area contributed by atoms with Crippen molar-refractivity contribution in [1.29, 1.82) is 0 Å². The lowest BCUT2D eigenvalue weighted by molar-refractivity contribution is 0.475. The minimum absolute atomic E-state index is 0.198. The van der Waals surface area contributed by atoms with Gasteiger partial charge in [-0.3, -0.25) is 0 Å². The lowest BCUT2D eigenvalue weighted by atomic mass is 9.97. The number of nitrogen functional groups attached to an aromatic ring is 2. The molecule has 0 spiro atoms. The summed E-state index contributed by atoms with van der Waals surface area (Å²) in [5, 5.41) is 8.90. The summed E-state index contributed by atoms with van der Waals surface area (Å²) in [5.74, 6) is 4.48. The highest BCUT2D eigenvalue weighted by atomic mass is 15.3. The van der Waals surface area contributed by atoms with Gasteiger partial charge in [-0.15, -0.1) is 10.2 Å². The first-order chi connectivity index (χ1) is 13.0. The Morgan fingerprint density at radius 1 is 1.22 bits per heavy atom. The van der Waals surface area contributed by atoms with E-state index in [1.54, 1.807) is 12.3 Å². The third-order valence-electron chi connectivity index (χ3n) is 5.09. The Morgan fingerprint density at radius 3 is 2.81 bits per heavy atom. The van der Waals surface area contributed by atoms with Gasteiger partial charge in [0.2, 0.25) is 5.95 Å². The molecule has 3 aromatic rings. The molecule has 1 aliphatic heterocycles. The summed E-state index contributed by atoms with van der Waals surface area (Å²) in [7, 11) is 2.02. The first-order valence-electron chi connectivity index (χ1n) is 9.02. The maximum atomic E-state index is 5.82. The Balaban J connectivity index is 1.54. The van der Waals surface area contributed by atoms with E-state index in [-0.39, 0.29) is 11.9 Å². The standard InChI is InChI=1S/C17H24N10/c1-11-20-5-7-26(11)10-15-23-24-16(25(15)2)12-4-3-6-27(9-12)14-8-13(18)21-17(19)22-14/h5,7-8,12H,3-4,6,9-10H2,1-2H3,(H4,18,19,21,22)/t12-/m1/s1. The summed E-state index contributed by atoms with van der Waals surface area (Å²) in [6, 6.07) is 1.77. The average Bonchev–Trinajstić information content (AvgIpc) is 3.21. The maximum Gasteiger partial charge on any atom is 0.223 e. The van der Waals surface area contributed by atoms with Gasteiger partial charge in [-0.05, 0) is 19.8 Å². The van der Waals surface area contributed by atoms with Crippen molar-refractivity contribution in [3.8, 4) is 0 Å². The van der Waals surface area contributed by atoms with Crippen molar-refractivity contribution < 1.29 is 0 Å². The molecule has 4 heterocycles. The van der Waals surface area contributed by atoms with Gasteiger partial charge < -0.3 is 25.5 Å². The van der Waals surface area contributed by atoms with E-state index >= 15 is 0 Å². The predicted octanol–water partition coefficient (Wildman–Crippen LogP) is 0.707. The van der Waals surface area contributed by atoms with E-state index in [2.05, 4.69) is 39.2 Å². The highest BCUT2D eigenvalue weighted by Gasteiger charge is 2.27. The Hall–Kier alpha value is -3.17. The lowest BCUT2D eigenvalue weighted by Gasteiger charge is -2.33. The van der Waals surface area contributed by atoms with E-state index in [0.29, 0.717) is 12.4 Å². The van der Waals surface area contributed by atoms with E-state index in [9.17, 15) is 0 Å². The number of hydrogen-bond donors (Lipinski definition) is 2. The number of aromatic nitrogens is 7. The van der Waals surface area contributed by atoms with E-state index in [1.165, 1.54) is 0 Å². The van der Waals surface area contributed by atoms with E-state index in [0.717, 1.165) is 49.2 Å². The Labute approximate surface area is 157 Å². The zero-order chi connectivity index (χ0) is 19.0. The third-order valence-corrected chi connectivity index (χ3v) is 5.09. The molecule has 1 atom stereocenters. The smallest absolute Gasteiger partial charge is 0.223 e. The molecular weight excluding hydrogens is 344 g/mol. The molecule has 0 unspecified atom stereocenters. The van der Waals surface area contributed by atoms with Crippen LogP contribution in [0.5, 0.6) is 0 Å². The molecule has 27 heavy (non-hydrogen) atoms. The molecule has 10 heteroatoms. The van der Waals surface area contributed by atoms with Crippen molar-refractivity contribution in [3.63, 3.8) is 0 Å². The van der Waals surface area contributed by atoms with Gasteiger partial charge in [0, 0.05) is 44.5 Å². The van der Waals surface area contributed by atoms with Crippen LogP contribution in [0.1, 0.15) is 36.2 Å². The Kier molecular flexibility index (Phi) is 4.38. The second-order valence-electron chi connectivity index (χ2n) is 6.93. The predicted molar refractivity (Wildman–Crippen MR) is 102 cm³/mol. The fourth-order valence-corrected chi connectivity index (χ4v) is 3.62. The lowest BCUT2D eigenvalue weighted by Crippen LogP contribution is -2.36. The second-order valence-corrected chi connectivity index (χ2v) is 6.93. The van der Waals surface area contributed by atoms with Crippen molar-refractivity contribution in [3.05, 3.63) is 35.9 Å². The molecule has 4 rings (SSSR count). The summed E-state index contributed by atoms with van der Waals surface area (Å²) >= 11 is 0. The Morgan fingerprint density at radius 2 is 2.07 bits per heavy atom. The van der Waals surface area contributed by atoms with Crippen molar-refractivity contribution in [2.75, 3.05) is 29.5 Å². The van der Waals surface area contributed by atoms with Gasteiger partial charge in [0.15, 0.2) is 5.82 Å². The van der Waals surface area contributed by atoms with Gasteiger partial charge in [-0.1, -0.05) is 0 Å². The first-order valence-corrected chi connectivity index (χ1v) is 9.02. The van der Waals surface area contributed by atoms with Crippen molar-refractivity contribution >= 4 is 17.6 Å². The van der Waals surface area contributed by atoms with E-state index < -0.39 is 0 Å². The molecular formula is C17H24N10.